The lowest BCUT2D eigenvalue weighted by Gasteiger charge is -2.32. The molecule has 1 heterocycles. The van der Waals surface area contributed by atoms with Crippen molar-refractivity contribution in [1.82, 2.24) is 4.31 Å². The van der Waals surface area contributed by atoms with E-state index in [2.05, 4.69) is 19.2 Å². The molecule has 0 aliphatic carbocycles. The molecule has 1 saturated heterocycles. The number of nitrogens with one attached hydrogen (secondary N) is 1. The van der Waals surface area contributed by atoms with Crippen LogP contribution < -0.4 is 5.32 Å². The molecule has 2 aromatic carbocycles. The lowest BCUT2D eigenvalue weighted by atomic mass is 10.0. The number of carbonyl (C=O) groups excluding carboxylic acids is 1. The van der Waals surface area contributed by atoms with Gasteiger partial charge in [-0.25, -0.2) is 8.42 Å². The number of anilines is 1. The van der Waals surface area contributed by atoms with Gasteiger partial charge in [0.25, 0.3) is 5.91 Å². The fraction of sp³-hybridized carbons (Fsp3) is 0.409. The Bertz CT molecular complexity index is 937. The van der Waals surface area contributed by atoms with Crippen molar-refractivity contribution in [3.05, 3.63) is 59.7 Å². The molecule has 5 nitrogen and oxygen atoms in total. The summed E-state index contributed by atoms with van der Waals surface area (Å²) in [6, 6.07) is 14.0. The molecule has 0 bridgehead atoms. The molecule has 0 spiro atoms. The lowest BCUT2D eigenvalue weighted by molar-refractivity contribution is 0.102. The molecule has 0 radical (unpaired) electrons. The molecule has 1 aliphatic rings. The molecule has 28 heavy (non-hydrogen) atoms. The van der Waals surface area contributed by atoms with E-state index in [1.165, 1.54) is 11.6 Å². The number of nitrogens with zero attached hydrogens (tertiary/aromatic N) is 1. The second-order valence-electron chi connectivity index (χ2n) is 7.72. The monoisotopic (exact) mass is 400 g/mol. The number of rotatable bonds is 5. The van der Waals surface area contributed by atoms with Gasteiger partial charge in [-0.2, -0.15) is 4.31 Å². The summed E-state index contributed by atoms with van der Waals surface area (Å²) in [6.07, 6.45) is 2.78. The molecule has 1 unspecified atom stereocenters. The van der Waals surface area contributed by atoms with Gasteiger partial charge >= 0.3 is 0 Å². The van der Waals surface area contributed by atoms with Crippen LogP contribution in [0.4, 0.5) is 5.69 Å². The average molecular weight is 401 g/mol. The molecule has 3 rings (SSSR count). The van der Waals surface area contributed by atoms with Crippen molar-refractivity contribution < 1.29 is 13.2 Å². The highest BCUT2D eigenvalue weighted by atomic mass is 32.2. The molecule has 1 N–H and O–H groups in total. The summed E-state index contributed by atoms with van der Waals surface area (Å²) in [5.41, 5.74) is 2.22. The zero-order valence-corrected chi connectivity index (χ0v) is 17.5. The maximum atomic E-state index is 13.0. The second-order valence-corrected chi connectivity index (χ2v) is 9.61. The van der Waals surface area contributed by atoms with Crippen LogP contribution in [0.25, 0.3) is 0 Å². The summed E-state index contributed by atoms with van der Waals surface area (Å²) in [7, 11) is -3.60. The SMILES string of the molecule is CC(C)c1ccc(NC(=O)c2cccc(S(=O)(=O)N3CCCCC3C)c2)cc1. The van der Waals surface area contributed by atoms with E-state index in [4.69, 9.17) is 0 Å². The van der Waals surface area contributed by atoms with Crippen LogP contribution in [0, 0.1) is 0 Å². The van der Waals surface area contributed by atoms with E-state index in [-0.39, 0.29) is 16.8 Å². The van der Waals surface area contributed by atoms with Crippen LogP contribution in [-0.4, -0.2) is 31.2 Å². The van der Waals surface area contributed by atoms with Crippen LogP contribution in [0.3, 0.4) is 0 Å². The molecule has 1 amide bonds. The van der Waals surface area contributed by atoms with Gasteiger partial charge in [0.1, 0.15) is 0 Å². The number of hydrogen-bond acceptors (Lipinski definition) is 3. The van der Waals surface area contributed by atoms with E-state index in [1.54, 1.807) is 22.5 Å². The Hall–Kier alpha value is -2.18. The first-order chi connectivity index (χ1) is 13.3. The van der Waals surface area contributed by atoms with E-state index < -0.39 is 10.0 Å². The molecular formula is C22H28N2O3S. The quantitative estimate of drug-likeness (QED) is 0.796. The van der Waals surface area contributed by atoms with Gasteiger partial charge in [0.2, 0.25) is 10.0 Å². The number of benzene rings is 2. The first kappa shape index (κ1) is 20.6. The Morgan fingerprint density at radius 2 is 1.82 bits per heavy atom. The third kappa shape index (κ3) is 4.45. The summed E-state index contributed by atoms with van der Waals surface area (Å²) >= 11 is 0. The Balaban J connectivity index is 1.79. The van der Waals surface area contributed by atoms with Gasteiger partial charge in [-0.1, -0.05) is 38.5 Å². The number of carbonyl (C=O) groups is 1. The van der Waals surface area contributed by atoms with Crippen molar-refractivity contribution in [3.63, 3.8) is 0 Å². The summed E-state index contributed by atoms with van der Waals surface area (Å²) in [4.78, 5) is 12.8. The summed E-state index contributed by atoms with van der Waals surface area (Å²) in [5, 5.41) is 2.84. The maximum Gasteiger partial charge on any atom is 0.255 e. The third-order valence-electron chi connectivity index (χ3n) is 5.28. The van der Waals surface area contributed by atoms with Gasteiger partial charge in [-0.05, 0) is 61.6 Å². The van der Waals surface area contributed by atoms with E-state index in [9.17, 15) is 13.2 Å². The largest absolute Gasteiger partial charge is 0.322 e. The number of hydrogen-bond donors (Lipinski definition) is 1. The minimum atomic E-state index is -3.60. The van der Waals surface area contributed by atoms with Crippen molar-refractivity contribution in [1.29, 1.82) is 0 Å². The highest BCUT2D eigenvalue weighted by Gasteiger charge is 2.31. The van der Waals surface area contributed by atoms with Crippen LogP contribution >= 0.6 is 0 Å². The van der Waals surface area contributed by atoms with Crippen LogP contribution in [0.1, 0.15) is 61.9 Å². The smallest absolute Gasteiger partial charge is 0.255 e. The highest BCUT2D eigenvalue weighted by Crippen LogP contribution is 2.26. The summed E-state index contributed by atoms with van der Waals surface area (Å²) in [6.45, 7) is 6.70. The van der Waals surface area contributed by atoms with Gasteiger partial charge in [-0.3, -0.25) is 4.79 Å². The van der Waals surface area contributed by atoms with E-state index in [0.29, 0.717) is 23.7 Å². The molecule has 1 atom stereocenters. The van der Waals surface area contributed by atoms with E-state index >= 15 is 0 Å². The van der Waals surface area contributed by atoms with Crippen molar-refractivity contribution >= 4 is 21.6 Å². The predicted octanol–water partition coefficient (Wildman–Crippen LogP) is 4.63. The zero-order chi connectivity index (χ0) is 20.3. The Labute approximate surface area is 167 Å². The van der Waals surface area contributed by atoms with Crippen LogP contribution in [0.2, 0.25) is 0 Å². The molecule has 6 heteroatoms. The summed E-state index contributed by atoms with van der Waals surface area (Å²) < 4.78 is 27.6. The summed E-state index contributed by atoms with van der Waals surface area (Å²) in [5.74, 6) is 0.102. The number of piperidine rings is 1. The normalized spacial score (nSPS) is 18.2. The number of sulfonamides is 1. The first-order valence-corrected chi connectivity index (χ1v) is 11.3. The molecule has 1 fully saturated rings. The molecule has 1 aliphatic heterocycles. The fourth-order valence-electron chi connectivity index (χ4n) is 3.52. The van der Waals surface area contributed by atoms with E-state index in [1.807, 2.05) is 31.2 Å². The van der Waals surface area contributed by atoms with Crippen LogP contribution in [0.15, 0.2) is 53.4 Å². The van der Waals surface area contributed by atoms with Gasteiger partial charge in [0.15, 0.2) is 0 Å². The fourth-order valence-corrected chi connectivity index (χ4v) is 5.26. The minimum absolute atomic E-state index is 0.0179. The molecule has 0 saturated carbocycles. The van der Waals surface area contributed by atoms with Crippen molar-refractivity contribution in [2.45, 2.75) is 56.9 Å². The van der Waals surface area contributed by atoms with Gasteiger partial charge in [0, 0.05) is 23.8 Å². The first-order valence-electron chi connectivity index (χ1n) is 9.82. The van der Waals surface area contributed by atoms with Gasteiger partial charge in [-0.15, -0.1) is 0 Å². The molecule has 150 valence electrons. The van der Waals surface area contributed by atoms with E-state index in [0.717, 1.165) is 19.3 Å². The zero-order valence-electron chi connectivity index (χ0n) is 16.7. The molecule has 2 aromatic rings. The molecular weight excluding hydrogens is 372 g/mol. The van der Waals surface area contributed by atoms with Gasteiger partial charge < -0.3 is 5.32 Å². The van der Waals surface area contributed by atoms with Crippen molar-refractivity contribution in [3.8, 4) is 0 Å². The minimum Gasteiger partial charge on any atom is -0.322 e. The Kier molecular flexibility index (Phi) is 6.20. The second kappa shape index (κ2) is 8.45. The average Bonchev–Trinajstić information content (AvgIpc) is 2.68. The van der Waals surface area contributed by atoms with Crippen LogP contribution in [-0.2, 0) is 10.0 Å². The maximum absolute atomic E-state index is 13.0. The Morgan fingerprint density at radius 3 is 2.46 bits per heavy atom. The predicted molar refractivity (Wildman–Crippen MR) is 112 cm³/mol. The Morgan fingerprint density at radius 1 is 1.11 bits per heavy atom. The van der Waals surface area contributed by atoms with Crippen molar-refractivity contribution in [2.75, 3.05) is 11.9 Å². The van der Waals surface area contributed by atoms with Crippen molar-refractivity contribution in [2.24, 2.45) is 0 Å². The molecule has 0 aromatic heterocycles. The topological polar surface area (TPSA) is 66.5 Å². The third-order valence-corrected chi connectivity index (χ3v) is 7.29. The van der Waals surface area contributed by atoms with Crippen LogP contribution in [0.5, 0.6) is 0 Å². The highest BCUT2D eigenvalue weighted by molar-refractivity contribution is 7.89. The lowest BCUT2D eigenvalue weighted by Crippen LogP contribution is -2.41. The standard InChI is InChI=1S/C22H28N2O3S/c1-16(2)18-10-12-20(13-11-18)23-22(25)19-8-6-9-21(15-19)28(26,27)24-14-5-4-7-17(24)3/h6,8-13,15-17H,4-5,7,14H2,1-3H3,(H,23,25). The number of amides is 1. The van der Waals surface area contributed by atoms with Gasteiger partial charge in [0.05, 0.1) is 4.90 Å².